The third kappa shape index (κ3) is 4.40. The van der Waals surface area contributed by atoms with E-state index in [0.717, 1.165) is 0 Å². The van der Waals surface area contributed by atoms with Crippen LogP contribution in [0.3, 0.4) is 0 Å². The zero-order chi connectivity index (χ0) is 14.6. The number of sulfone groups is 1. The highest BCUT2D eigenvalue weighted by Gasteiger charge is 2.19. The fourth-order valence-electron chi connectivity index (χ4n) is 1.51. The number of nitrogen functional groups attached to an aromatic ring is 1. The van der Waals surface area contributed by atoms with Crippen LogP contribution in [0.4, 0.5) is 5.69 Å². The van der Waals surface area contributed by atoms with E-state index in [-0.39, 0.29) is 34.4 Å². The fraction of sp³-hybridized carbons (Fsp3) is 0.417. The van der Waals surface area contributed by atoms with E-state index >= 15 is 0 Å². The Balaban J connectivity index is 2.77. The summed E-state index contributed by atoms with van der Waals surface area (Å²) >= 11 is 5.86. The summed E-state index contributed by atoms with van der Waals surface area (Å²) in [6.07, 6.45) is 0.441. The minimum atomic E-state index is -3.52. The molecule has 5 nitrogen and oxygen atoms in total. The fourth-order valence-corrected chi connectivity index (χ4v) is 3.40. The highest BCUT2D eigenvalue weighted by molar-refractivity contribution is 7.91. The summed E-state index contributed by atoms with van der Waals surface area (Å²) < 4.78 is 24.2. The molecule has 0 aliphatic carbocycles. The second-order valence-electron chi connectivity index (χ2n) is 4.40. The summed E-state index contributed by atoms with van der Waals surface area (Å²) in [7, 11) is -0.256. The number of carbonyl (C=O) groups excluding carboxylic acids is 1. The van der Waals surface area contributed by atoms with Gasteiger partial charge in [-0.3, -0.25) is 4.79 Å². The number of nitrogens with two attached hydrogens (primary N) is 1. The lowest BCUT2D eigenvalue weighted by molar-refractivity contribution is -0.128. The van der Waals surface area contributed by atoms with E-state index in [1.54, 1.807) is 14.1 Å². The van der Waals surface area contributed by atoms with Crippen molar-refractivity contribution in [1.29, 1.82) is 0 Å². The van der Waals surface area contributed by atoms with E-state index in [9.17, 15) is 13.2 Å². The molecule has 0 radical (unpaired) electrons. The predicted molar refractivity (Wildman–Crippen MR) is 75.8 cm³/mol. The molecular formula is C12H17ClN2O3S. The second-order valence-corrected chi connectivity index (χ2v) is 6.89. The molecule has 0 fully saturated rings. The van der Waals surface area contributed by atoms with Crippen molar-refractivity contribution in [3.05, 3.63) is 23.2 Å². The zero-order valence-electron chi connectivity index (χ0n) is 10.9. The van der Waals surface area contributed by atoms with Crippen molar-refractivity contribution >= 4 is 33.0 Å². The Labute approximate surface area is 118 Å². The lowest BCUT2D eigenvalue weighted by Gasteiger charge is -2.10. The Hall–Kier alpha value is -1.27. The molecular weight excluding hydrogens is 288 g/mol. The van der Waals surface area contributed by atoms with Crippen LogP contribution in [0.5, 0.6) is 0 Å². The molecule has 19 heavy (non-hydrogen) atoms. The minimum absolute atomic E-state index is 0.0199. The van der Waals surface area contributed by atoms with Crippen molar-refractivity contribution in [3.63, 3.8) is 0 Å². The van der Waals surface area contributed by atoms with E-state index in [1.807, 2.05) is 0 Å². The summed E-state index contributed by atoms with van der Waals surface area (Å²) in [4.78, 5) is 12.8. The smallest absolute Gasteiger partial charge is 0.222 e. The van der Waals surface area contributed by atoms with Crippen LogP contribution >= 0.6 is 11.6 Å². The molecule has 1 amide bonds. The Bertz CT molecular complexity index is 570. The van der Waals surface area contributed by atoms with Gasteiger partial charge in [-0.05, 0) is 24.6 Å². The highest BCUT2D eigenvalue weighted by Crippen LogP contribution is 2.25. The van der Waals surface area contributed by atoms with Crippen molar-refractivity contribution in [2.75, 3.05) is 25.6 Å². The molecule has 0 unspecified atom stereocenters. The van der Waals surface area contributed by atoms with Crippen LogP contribution in [0.1, 0.15) is 12.8 Å². The molecule has 0 spiro atoms. The van der Waals surface area contributed by atoms with Gasteiger partial charge in [0.15, 0.2) is 9.84 Å². The van der Waals surface area contributed by atoms with E-state index in [0.29, 0.717) is 5.69 Å². The summed E-state index contributed by atoms with van der Waals surface area (Å²) in [6.45, 7) is 0. The van der Waals surface area contributed by atoms with Crippen LogP contribution in [-0.2, 0) is 14.6 Å². The van der Waals surface area contributed by atoms with Crippen LogP contribution in [0.2, 0.25) is 5.02 Å². The lowest BCUT2D eigenvalue weighted by Crippen LogP contribution is -2.22. The number of benzene rings is 1. The standard InChI is InChI=1S/C12H17ClN2O3S/c1-15(2)12(16)4-3-7-19(17,18)11-8-9(14)5-6-10(11)13/h5-6,8H,3-4,7,14H2,1-2H3. The van der Waals surface area contributed by atoms with Crippen LogP contribution < -0.4 is 5.73 Å². The second kappa shape index (κ2) is 6.25. The Morgan fingerprint density at radius 3 is 2.58 bits per heavy atom. The van der Waals surface area contributed by atoms with Crippen LogP contribution in [0.15, 0.2) is 23.1 Å². The molecule has 0 saturated carbocycles. The number of amides is 1. The first-order chi connectivity index (χ1) is 8.74. The SMILES string of the molecule is CN(C)C(=O)CCCS(=O)(=O)c1cc(N)ccc1Cl. The largest absolute Gasteiger partial charge is 0.399 e. The van der Waals surface area contributed by atoms with Crippen LogP contribution in [0, 0.1) is 0 Å². The van der Waals surface area contributed by atoms with Crippen molar-refractivity contribution in [2.24, 2.45) is 0 Å². The molecule has 0 aromatic heterocycles. The Morgan fingerprint density at radius 1 is 1.37 bits per heavy atom. The molecule has 0 heterocycles. The Morgan fingerprint density at radius 2 is 2.00 bits per heavy atom. The molecule has 1 aromatic carbocycles. The maximum absolute atomic E-state index is 12.1. The summed E-state index contributed by atoms with van der Waals surface area (Å²) in [5.41, 5.74) is 5.90. The topological polar surface area (TPSA) is 80.5 Å². The lowest BCUT2D eigenvalue weighted by atomic mass is 10.3. The average molecular weight is 305 g/mol. The molecule has 106 valence electrons. The number of nitrogens with zero attached hydrogens (tertiary/aromatic N) is 1. The summed E-state index contributed by atoms with van der Waals surface area (Å²) in [6, 6.07) is 4.33. The molecule has 7 heteroatoms. The van der Waals surface area contributed by atoms with E-state index in [4.69, 9.17) is 17.3 Å². The third-order valence-electron chi connectivity index (χ3n) is 2.59. The summed E-state index contributed by atoms with van der Waals surface area (Å²) in [5, 5.41) is 0.146. The van der Waals surface area contributed by atoms with Crippen molar-refractivity contribution in [1.82, 2.24) is 4.90 Å². The highest BCUT2D eigenvalue weighted by atomic mass is 35.5. The minimum Gasteiger partial charge on any atom is -0.399 e. The molecule has 0 aliphatic heterocycles. The maximum atomic E-state index is 12.1. The molecule has 0 bridgehead atoms. The van der Waals surface area contributed by atoms with Gasteiger partial charge in [-0.25, -0.2) is 8.42 Å². The van der Waals surface area contributed by atoms with Gasteiger partial charge in [-0.2, -0.15) is 0 Å². The van der Waals surface area contributed by atoms with Crippen LogP contribution in [-0.4, -0.2) is 39.1 Å². The third-order valence-corrected chi connectivity index (χ3v) is 4.87. The molecule has 2 N–H and O–H groups in total. The first kappa shape index (κ1) is 15.8. The maximum Gasteiger partial charge on any atom is 0.222 e. The predicted octanol–water partition coefficient (Wildman–Crippen LogP) is 1.56. The van der Waals surface area contributed by atoms with Gasteiger partial charge in [0, 0.05) is 26.2 Å². The van der Waals surface area contributed by atoms with E-state index in [2.05, 4.69) is 0 Å². The van der Waals surface area contributed by atoms with E-state index < -0.39 is 9.84 Å². The van der Waals surface area contributed by atoms with Gasteiger partial charge < -0.3 is 10.6 Å². The number of anilines is 1. The number of hydrogen-bond donors (Lipinski definition) is 1. The molecule has 1 aromatic rings. The van der Waals surface area contributed by atoms with E-state index in [1.165, 1.54) is 23.1 Å². The van der Waals surface area contributed by atoms with Crippen molar-refractivity contribution in [3.8, 4) is 0 Å². The number of rotatable bonds is 5. The van der Waals surface area contributed by atoms with Crippen molar-refractivity contribution in [2.45, 2.75) is 17.7 Å². The summed E-state index contributed by atoms with van der Waals surface area (Å²) in [5.74, 6) is -0.232. The molecule has 0 atom stereocenters. The van der Waals surface area contributed by atoms with Gasteiger partial charge in [-0.1, -0.05) is 11.6 Å². The molecule has 1 rings (SSSR count). The monoisotopic (exact) mass is 304 g/mol. The van der Waals surface area contributed by atoms with Gasteiger partial charge in [0.25, 0.3) is 0 Å². The molecule has 0 saturated heterocycles. The molecule has 0 aliphatic rings. The van der Waals surface area contributed by atoms with Gasteiger partial charge in [-0.15, -0.1) is 0 Å². The number of carbonyl (C=O) groups is 1. The normalized spacial score (nSPS) is 11.3. The first-order valence-corrected chi connectivity index (χ1v) is 7.75. The Kier molecular flexibility index (Phi) is 5.20. The number of halogens is 1. The van der Waals surface area contributed by atoms with Crippen molar-refractivity contribution < 1.29 is 13.2 Å². The average Bonchev–Trinajstić information content (AvgIpc) is 2.31. The van der Waals surface area contributed by atoms with Crippen LogP contribution in [0.25, 0.3) is 0 Å². The quantitative estimate of drug-likeness (QED) is 0.837. The first-order valence-electron chi connectivity index (χ1n) is 5.72. The van der Waals surface area contributed by atoms with Gasteiger partial charge >= 0.3 is 0 Å². The van der Waals surface area contributed by atoms with Gasteiger partial charge in [0.05, 0.1) is 15.7 Å². The zero-order valence-corrected chi connectivity index (χ0v) is 12.5. The number of hydrogen-bond acceptors (Lipinski definition) is 4. The van der Waals surface area contributed by atoms with Gasteiger partial charge in [0.1, 0.15) is 0 Å². The van der Waals surface area contributed by atoms with Gasteiger partial charge in [0.2, 0.25) is 5.91 Å².